The molecule has 1 aromatic carbocycles. The molecule has 6 nitrogen and oxygen atoms in total. The molecule has 0 bridgehead atoms. The van der Waals surface area contributed by atoms with Crippen molar-refractivity contribution in [3.05, 3.63) is 40.2 Å². The van der Waals surface area contributed by atoms with Crippen LogP contribution in [0.25, 0.3) is 11.0 Å². The Morgan fingerprint density at radius 2 is 1.79 bits per heavy atom. The van der Waals surface area contributed by atoms with Gasteiger partial charge in [0.25, 0.3) is 0 Å². The van der Waals surface area contributed by atoms with Crippen molar-refractivity contribution in [2.75, 3.05) is 7.11 Å². The number of benzene rings is 1. The summed E-state index contributed by atoms with van der Waals surface area (Å²) in [5.74, 6) is -0.880. The Kier molecular flexibility index (Phi) is 5.03. The summed E-state index contributed by atoms with van der Waals surface area (Å²) in [6.45, 7) is 6.37. The van der Waals surface area contributed by atoms with E-state index in [1.165, 1.54) is 27.0 Å². The van der Waals surface area contributed by atoms with Crippen molar-refractivity contribution in [2.45, 2.75) is 51.6 Å². The number of ether oxygens (including phenoxy) is 2. The Hall–Kier alpha value is -1.89. The maximum atomic E-state index is 11.6. The first kappa shape index (κ1) is 18.4. The molecule has 0 saturated heterocycles. The van der Waals surface area contributed by atoms with Crippen molar-refractivity contribution in [1.29, 1.82) is 0 Å². The Labute approximate surface area is 140 Å². The van der Waals surface area contributed by atoms with Gasteiger partial charge in [-0.25, -0.2) is 4.79 Å². The minimum Gasteiger partial charge on any atom is -0.496 e. The summed E-state index contributed by atoms with van der Waals surface area (Å²) in [5.41, 5.74) is -0.549. The fourth-order valence-electron chi connectivity index (χ4n) is 2.71. The summed E-state index contributed by atoms with van der Waals surface area (Å²) in [4.78, 5) is 11.6. The zero-order valence-corrected chi connectivity index (χ0v) is 14.6. The smallest absolute Gasteiger partial charge is 0.336 e. The van der Waals surface area contributed by atoms with Crippen molar-refractivity contribution in [1.82, 2.24) is 0 Å². The minimum absolute atomic E-state index is 0.135. The van der Waals surface area contributed by atoms with Gasteiger partial charge in [0.05, 0.1) is 18.8 Å². The van der Waals surface area contributed by atoms with Crippen LogP contribution in [0.4, 0.5) is 0 Å². The van der Waals surface area contributed by atoms with Gasteiger partial charge in [-0.3, -0.25) is 0 Å². The van der Waals surface area contributed by atoms with E-state index in [1.54, 1.807) is 32.0 Å². The highest BCUT2D eigenvalue weighted by Gasteiger charge is 2.35. The molecule has 2 aromatic rings. The van der Waals surface area contributed by atoms with E-state index in [9.17, 15) is 15.0 Å². The van der Waals surface area contributed by atoms with Gasteiger partial charge in [-0.05, 0) is 45.9 Å². The van der Waals surface area contributed by atoms with Gasteiger partial charge >= 0.3 is 5.63 Å². The van der Waals surface area contributed by atoms with E-state index in [-0.39, 0.29) is 6.42 Å². The molecule has 0 aliphatic rings. The number of methoxy groups -OCH3 is 1. The van der Waals surface area contributed by atoms with Crippen LogP contribution in [0, 0.1) is 0 Å². The lowest BCUT2D eigenvalue weighted by Crippen LogP contribution is -2.46. The van der Waals surface area contributed by atoms with E-state index in [2.05, 4.69) is 0 Å². The van der Waals surface area contributed by atoms with Gasteiger partial charge < -0.3 is 24.1 Å². The highest BCUT2D eigenvalue weighted by atomic mass is 16.6. The standard InChI is InChI=1S/C18H24O6/c1-17(2,24-18(3,4)21)14(19)10-12-13(22-5)8-6-11-7-9-15(20)23-16(11)12/h6-9,14,19,21H,10H2,1-5H3/t14-/m0/s1. The maximum Gasteiger partial charge on any atom is 0.336 e. The monoisotopic (exact) mass is 336 g/mol. The molecule has 0 saturated carbocycles. The van der Waals surface area contributed by atoms with Crippen molar-refractivity contribution >= 4 is 11.0 Å². The molecule has 1 heterocycles. The second-order valence-corrected chi connectivity index (χ2v) is 6.79. The quantitative estimate of drug-likeness (QED) is 0.621. The third-order valence-corrected chi connectivity index (χ3v) is 3.78. The Morgan fingerprint density at radius 3 is 2.38 bits per heavy atom. The van der Waals surface area contributed by atoms with E-state index in [0.29, 0.717) is 16.9 Å². The minimum atomic E-state index is -1.39. The third-order valence-electron chi connectivity index (χ3n) is 3.78. The van der Waals surface area contributed by atoms with Gasteiger partial charge in [-0.1, -0.05) is 0 Å². The van der Waals surface area contributed by atoms with Gasteiger partial charge in [0.1, 0.15) is 11.3 Å². The number of aliphatic hydroxyl groups excluding tert-OH is 1. The van der Waals surface area contributed by atoms with Crippen molar-refractivity contribution < 1.29 is 24.1 Å². The fraction of sp³-hybridized carbons (Fsp3) is 0.500. The lowest BCUT2D eigenvalue weighted by atomic mass is 9.93. The molecule has 0 spiro atoms. The highest BCUT2D eigenvalue weighted by Crippen LogP contribution is 2.31. The van der Waals surface area contributed by atoms with Crippen LogP contribution in [0.15, 0.2) is 33.5 Å². The Balaban J connectivity index is 2.44. The van der Waals surface area contributed by atoms with Gasteiger partial charge in [-0.2, -0.15) is 0 Å². The van der Waals surface area contributed by atoms with E-state index in [0.717, 1.165) is 5.39 Å². The summed E-state index contributed by atoms with van der Waals surface area (Å²) in [5, 5.41) is 21.2. The molecule has 0 radical (unpaired) electrons. The van der Waals surface area contributed by atoms with Crippen LogP contribution in [0.5, 0.6) is 5.75 Å². The maximum absolute atomic E-state index is 11.6. The van der Waals surface area contributed by atoms with Crippen LogP contribution in [-0.2, 0) is 11.2 Å². The fourth-order valence-corrected chi connectivity index (χ4v) is 2.71. The Bertz CT molecular complexity index is 769. The summed E-state index contributed by atoms with van der Waals surface area (Å²) in [7, 11) is 1.51. The van der Waals surface area contributed by atoms with Crippen molar-refractivity contribution in [3.8, 4) is 5.75 Å². The molecular weight excluding hydrogens is 312 g/mol. The zero-order valence-electron chi connectivity index (χ0n) is 14.6. The molecule has 0 fully saturated rings. The van der Waals surface area contributed by atoms with Gasteiger partial charge in [0, 0.05) is 23.4 Å². The number of aliphatic hydroxyl groups is 2. The van der Waals surface area contributed by atoms with Crippen LogP contribution in [0.1, 0.15) is 33.3 Å². The molecule has 132 valence electrons. The van der Waals surface area contributed by atoms with Crippen molar-refractivity contribution in [3.63, 3.8) is 0 Å². The molecule has 0 aliphatic carbocycles. The van der Waals surface area contributed by atoms with Crippen LogP contribution in [0.2, 0.25) is 0 Å². The van der Waals surface area contributed by atoms with Crippen LogP contribution < -0.4 is 10.4 Å². The lowest BCUT2D eigenvalue weighted by Gasteiger charge is -2.36. The second-order valence-electron chi connectivity index (χ2n) is 6.79. The first-order valence-electron chi connectivity index (χ1n) is 7.74. The largest absolute Gasteiger partial charge is 0.496 e. The molecule has 1 atom stereocenters. The van der Waals surface area contributed by atoms with Gasteiger partial charge in [0.15, 0.2) is 5.79 Å². The number of hydrogen-bond donors (Lipinski definition) is 2. The molecule has 2 rings (SSSR count). The molecule has 6 heteroatoms. The van der Waals surface area contributed by atoms with Gasteiger partial charge in [-0.15, -0.1) is 0 Å². The topological polar surface area (TPSA) is 89.1 Å². The lowest BCUT2D eigenvalue weighted by molar-refractivity contribution is -0.258. The molecule has 2 N–H and O–H groups in total. The highest BCUT2D eigenvalue weighted by molar-refractivity contribution is 5.82. The predicted octanol–water partition coefficient (Wildman–Crippen LogP) is 2.23. The summed E-state index contributed by atoms with van der Waals surface area (Å²) >= 11 is 0. The number of fused-ring (bicyclic) bond motifs is 1. The van der Waals surface area contributed by atoms with Crippen LogP contribution in [-0.4, -0.2) is 34.8 Å². The van der Waals surface area contributed by atoms with Crippen LogP contribution >= 0.6 is 0 Å². The first-order chi connectivity index (χ1) is 11.0. The molecular formula is C18H24O6. The normalized spacial score (nSPS) is 14.0. The molecule has 24 heavy (non-hydrogen) atoms. The SMILES string of the molecule is COc1ccc2ccc(=O)oc2c1C[C@H](O)C(C)(C)OC(C)(C)O. The first-order valence-corrected chi connectivity index (χ1v) is 7.74. The van der Waals surface area contributed by atoms with Gasteiger partial charge in [0.2, 0.25) is 0 Å². The van der Waals surface area contributed by atoms with Crippen molar-refractivity contribution in [2.24, 2.45) is 0 Å². The number of hydrogen-bond acceptors (Lipinski definition) is 6. The zero-order chi connectivity index (χ0) is 18.1. The molecule has 0 aliphatic heterocycles. The van der Waals surface area contributed by atoms with E-state index >= 15 is 0 Å². The van der Waals surface area contributed by atoms with Crippen LogP contribution in [0.3, 0.4) is 0 Å². The van der Waals surface area contributed by atoms with E-state index in [1.807, 2.05) is 0 Å². The summed E-state index contributed by atoms with van der Waals surface area (Å²) < 4.78 is 16.2. The molecule has 0 amide bonds. The Morgan fingerprint density at radius 1 is 1.17 bits per heavy atom. The average Bonchev–Trinajstić information content (AvgIpc) is 2.45. The third kappa shape index (κ3) is 4.14. The molecule has 0 unspecified atom stereocenters. The number of rotatable bonds is 6. The predicted molar refractivity (Wildman–Crippen MR) is 90.2 cm³/mol. The second kappa shape index (κ2) is 6.55. The summed E-state index contributed by atoms with van der Waals surface area (Å²) in [6.07, 6.45) is -0.828. The van der Waals surface area contributed by atoms with E-state index in [4.69, 9.17) is 13.9 Å². The molecule has 1 aromatic heterocycles. The average molecular weight is 336 g/mol. The summed E-state index contributed by atoms with van der Waals surface area (Å²) in [6, 6.07) is 6.55. The van der Waals surface area contributed by atoms with E-state index < -0.39 is 23.1 Å².